The van der Waals surface area contributed by atoms with E-state index in [0.29, 0.717) is 10.0 Å². The van der Waals surface area contributed by atoms with E-state index in [1.54, 1.807) is 12.1 Å². The molecule has 0 aliphatic rings. The van der Waals surface area contributed by atoms with Crippen molar-refractivity contribution in [3.63, 3.8) is 0 Å². The molecule has 2 amide bonds. The number of primary amides is 1. The third-order valence-corrected chi connectivity index (χ3v) is 3.06. The molecule has 1 aromatic carbocycles. The van der Waals surface area contributed by atoms with Crippen molar-refractivity contribution >= 4 is 33.5 Å². The zero-order chi connectivity index (χ0) is 15.1. The number of aromatic hydroxyl groups is 1. The Morgan fingerprint density at radius 3 is 2.65 bits per heavy atom. The average Bonchev–Trinajstić information content (AvgIpc) is 2.39. The molecule has 0 bridgehead atoms. The Hall–Kier alpha value is -2.09. The second kappa shape index (κ2) is 7.49. The number of nitrogens with zero attached hydrogens (tertiary/aromatic N) is 1. The lowest BCUT2D eigenvalue weighted by Crippen LogP contribution is -2.34. The molecule has 1 rings (SSSR count). The predicted octanol–water partition coefficient (Wildman–Crippen LogP) is 0.519. The summed E-state index contributed by atoms with van der Waals surface area (Å²) in [5, 5.41) is 23.6. The number of phenolic OH excluding ortho intramolecular Hbond substituents is 1. The highest BCUT2D eigenvalue weighted by Crippen LogP contribution is 2.24. The van der Waals surface area contributed by atoms with Crippen LogP contribution in [0.5, 0.6) is 5.75 Å². The lowest BCUT2D eigenvalue weighted by molar-refractivity contribution is -0.118. The summed E-state index contributed by atoms with van der Waals surface area (Å²) >= 11 is 3.15. The van der Waals surface area contributed by atoms with Crippen molar-refractivity contribution in [2.45, 2.75) is 12.8 Å². The maximum atomic E-state index is 11.7. The Morgan fingerprint density at radius 1 is 1.40 bits per heavy atom. The van der Waals surface area contributed by atoms with Gasteiger partial charge in [0.15, 0.2) is 0 Å². The van der Waals surface area contributed by atoms with Gasteiger partial charge in [-0.3, -0.25) is 9.59 Å². The van der Waals surface area contributed by atoms with Crippen LogP contribution in [0.4, 0.5) is 0 Å². The topological polar surface area (TPSA) is 125 Å². The number of carbonyl (C=O) groups excluding carboxylic acids is 2. The van der Waals surface area contributed by atoms with Gasteiger partial charge in [-0.05, 0) is 33.6 Å². The SMILES string of the molecule is NC(=O)CCNC(=O)/C(Cc1ccc(O)c(Br)c1)=N/O. The number of phenols is 1. The minimum atomic E-state index is -0.585. The molecule has 0 aliphatic carbocycles. The number of benzene rings is 1. The van der Waals surface area contributed by atoms with Crippen molar-refractivity contribution in [2.24, 2.45) is 10.9 Å². The first-order valence-electron chi connectivity index (χ1n) is 5.69. The van der Waals surface area contributed by atoms with Crippen molar-refractivity contribution in [2.75, 3.05) is 6.54 Å². The van der Waals surface area contributed by atoms with Gasteiger partial charge in [-0.15, -0.1) is 0 Å². The summed E-state index contributed by atoms with van der Waals surface area (Å²) in [4.78, 5) is 22.2. The minimum Gasteiger partial charge on any atom is -0.507 e. The molecule has 108 valence electrons. The fourth-order valence-electron chi connectivity index (χ4n) is 1.42. The van der Waals surface area contributed by atoms with Gasteiger partial charge in [0.25, 0.3) is 5.91 Å². The normalized spacial score (nSPS) is 11.2. The molecular formula is C12H14BrN3O4. The van der Waals surface area contributed by atoms with Gasteiger partial charge in [0.2, 0.25) is 5.91 Å². The molecule has 0 spiro atoms. The summed E-state index contributed by atoms with van der Waals surface area (Å²) in [6.45, 7) is 0.0759. The number of hydrogen-bond donors (Lipinski definition) is 4. The fourth-order valence-corrected chi connectivity index (χ4v) is 1.84. The van der Waals surface area contributed by atoms with Crippen molar-refractivity contribution in [3.8, 4) is 5.75 Å². The van der Waals surface area contributed by atoms with Crippen LogP contribution in [0, 0.1) is 0 Å². The van der Waals surface area contributed by atoms with Crippen LogP contribution >= 0.6 is 15.9 Å². The molecule has 0 atom stereocenters. The zero-order valence-electron chi connectivity index (χ0n) is 10.5. The van der Waals surface area contributed by atoms with Gasteiger partial charge < -0.3 is 21.4 Å². The van der Waals surface area contributed by atoms with Gasteiger partial charge in [0, 0.05) is 19.4 Å². The molecule has 0 saturated heterocycles. The number of rotatable bonds is 6. The van der Waals surface area contributed by atoms with Crippen LogP contribution in [0.25, 0.3) is 0 Å². The van der Waals surface area contributed by atoms with Crippen molar-refractivity contribution < 1.29 is 19.9 Å². The number of oxime groups is 1. The van der Waals surface area contributed by atoms with E-state index in [1.807, 2.05) is 0 Å². The quantitative estimate of drug-likeness (QED) is 0.341. The van der Waals surface area contributed by atoms with Crippen molar-refractivity contribution in [3.05, 3.63) is 28.2 Å². The molecule has 20 heavy (non-hydrogen) atoms. The molecule has 0 unspecified atom stereocenters. The molecular weight excluding hydrogens is 330 g/mol. The van der Waals surface area contributed by atoms with Gasteiger partial charge in [-0.25, -0.2) is 0 Å². The standard InChI is InChI=1S/C12H14BrN3O4/c13-8-5-7(1-2-10(8)17)6-9(16-20)12(19)15-4-3-11(14)18/h1-2,5,17,20H,3-4,6H2,(H2,14,18)(H,15,19)/b16-9+. The molecule has 0 saturated carbocycles. The van der Waals surface area contributed by atoms with Crippen LogP contribution in [0.1, 0.15) is 12.0 Å². The Morgan fingerprint density at radius 2 is 2.10 bits per heavy atom. The first kappa shape index (κ1) is 16.0. The Labute approximate surface area is 123 Å². The molecule has 8 heteroatoms. The molecule has 0 aromatic heterocycles. The van der Waals surface area contributed by atoms with E-state index in [2.05, 4.69) is 26.4 Å². The lowest BCUT2D eigenvalue weighted by atomic mass is 10.1. The van der Waals surface area contributed by atoms with Crippen molar-refractivity contribution in [1.29, 1.82) is 0 Å². The minimum absolute atomic E-state index is 0.00913. The Bertz CT molecular complexity index is 546. The highest BCUT2D eigenvalue weighted by molar-refractivity contribution is 9.10. The average molecular weight is 344 g/mol. The van der Waals surface area contributed by atoms with E-state index in [1.165, 1.54) is 6.07 Å². The summed E-state index contributed by atoms with van der Waals surface area (Å²) in [6.07, 6.45) is 0.0903. The van der Waals surface area contributed by atoms with Crippen LogP contribution in [0.3, 0.4) is 0 Å². The van der Waals surface area contributed by atoms with Crippen LogP contribution in [-0.4, -0.2) is 34.4 Å². The predicted molar refractivity (Wildman–Crippen MR) is 75.6 cm³/mol. The monoisotopic (exact) mass is 343 g/mol. The summed E-state index contributed by atoms with van der Waals surface area (Å²) < 4.78 is 0.474. The fraction of sp³-hybridized carbons (Fsp3) is 0.250. The molecule has 1 aromatic rings. The third kappa shape index (κ3) is 4.88. The van der Waals surface area contributed by atoms with Gasteiger partial charge >= 0.3 is 0 Å². The highest BCUT2D eigenvalue weighted by atomic mass is 79.9. The maximum Gasteiger partial charge on any atom is 0.269 e. The highest BCUT2D eigenvalue weighted by Gasteiger charge is 2.13. The van der Waals surface area contributed by atoms with Gasteiger partial charge in [0.1, 0.15) is 11.5 Å². The van der Waals surface area contributed by atoms with E-state index >= 15 is 0 Å². The number of nitrogens with two attached hydrogens (primary N) is 1. The number of nitrogens with one attached hydrogen (secondary N) is 1. The number of carbonyl (C=O) groups is 2. The van der Waals surface area contributed by atoms with Gasteiger partial charge in [-0.2, -0.15) is 0 Å². The van der Waals surface area contributed by atoms with Crippen LogP contribution in [0.2, 0.25) is 0 Å². The van der Waals surface area contributed by atoms with Gasteiger partial charge in [0.05, 0.1) is 4.47 Å². The second-order valence-electron chi connectivity index (χ2n) is 3.98. The largest absolute Gasteiger partial charge is 0.507 e. The Kier molecular flexibility index (Phi) is 5.98. The molecule has 0 radical (unpaired) electrons. The van der Waals surface area contributed by atoms with E-state index in [0.717, 1.165) is 0 Å². The summed E-state index contributed by atoms with van der Waals surface area (Å²) in [6, 6.07) is 4.67. The summed E-state index contributed by atoms with van der Waals surface area (Å²) in [7, 11) is 0. The van der Waals surface area contributed by atoms with Crippen molar-refractivity contribution in [1.82, 2.24) is 5.32 Å². The first-order chi connectivity index (χ1) is 9.43. The smallest absolute Gasteiger partial charge is 0.269 e. The van der Waals surface area contributed by atoms with E-state index in [9.17, 15) is 14.7 Å². The summed E-state index contributed by atoms with van der Waals surface area (Å²) in [5.74, 6) is -1.05. The van der Waals surface area contributed by atoms with Crippen LogP contribution in [0.15, 0.2) is 27.8 Å². The summed E-state index contributed by atoms with van der Waals surface area (Å²) in [5.41, 5.74) is 5.51. The first-order valence-corrected chi connectivity index (χ1v) is 6.48. The number of halogens is 1. The van der Waals surface area contributed by atoms with Gasteiger partial charge in [-0.1, -0.05) is 11.2 Å². The van der Waals surface area contributed by atoms with Crippen LogP contribution in [-0.2, 0) is 16.0 Å². The number of amides is 2. The third-order valence-electron chi connectivity index (χ3n) is 2.42. The lowest BCUT2D eigenvalue weighted by Gasteiger charge is -2.07. The second-order valence-corrected chi connectivity index (χ2v) is 4.84. The van der Waals surface area contributed by atoms with E-state index in [-0.39, 0.29) is 30.8 Å². The van der Waals surface area contributed by atoms with E-state index < -0.39 is 11.8 Å². The Balaban J connectivity index is 2.65. The number of hydrogen-bond acceptors (Lipinski definition) is 5. The molecule has 0 heterocycles. The van der Waals surface area contributed by atoms with E-state index in [4.69, 9.17) is 10.9 Å². The zero-order valence-corrected chi connectivity index (χ0v) is 12.1. The molecule has 0 aliphatic heterocycles. The van der Waals surface area contributed by atoms with Crippen LogP contribution < -0.4 is 11.1 Å². The molecule has 5 N–H and O–H groups in total. The molecule has 0 fully saturated rings. The molecule has 7 nitrogen and oxygen atoms in total. The maximum absolute atomic E-state index is 11.7.